The molecule has 26 heavy (non-hydrogen) atoms. The molecule has 1 aliphatic heterocycles. The maximum absolute atomic E-state index is 6.52. The van der Waals surface area contributed by atoms with Gasteiger partial charge in [0.2, 0.25) is 0 Å². The van der Waals surface area contributed by atoms with E-state index in [1.165, 1.54) is 5.56 Å². The summed E-state index contributed by atoms with van der Waals surface area (Å²) in [5.74, 6) is 1.50. The number of aryl methyl sites for hydroxylation is 1. The Morgan fingerprint density at radius 3 is 2.85 bits per heavy atom. The summed E-state index contributed by atoms with van der Waals surface area (Å²) in [5.41, 5.74) is 10.5. The summed E-state index contributed by atoms with van der Waals surface area (Å²) in [4.78, 5) is 6.93. The first kappa shape index (κ1) is 17.1. The van der Waals surface area contributed by atoms with Gasteiger partial charge in [-0.1, -0.05) is 30.3 Å². The Hall–Kier alpha value is -2.37. The van der Waals surface area contributed by atoms with Gasteiger partial charge in [0.15, 0.2) is 11.5 Å². The van der Waals surface area contributed by atoms with Crippen LogP contribution in [0.2, 0.25) is 0 Å². The Kier molecular flexibility index (Phi) is 4.66. The van der Waals surface area contributed by atoms with Crippen LogP contribution in [0.1, 0.15) is 35.9 Å². The number of piperidine rings is 1. The lowest BCUT2D eigenvalue weighted by Crippen LogP contribution is -2.45. The van der Waals surface area contributed by atoms with Gasteiger partial charge in [-0.3, -0.25) is 4.90 Å². The van der Waals surface area contributed by atoms with Gasteiger partial charge in [-0.25, -0.2) is 4.98 Å². The number of oxazole rings is 1. The van der Waals surface area contributed by atoms with E-state index < -0.39 is 0 Å². The summed E-state index contributed by atoms with van der Waals surface area (Å²) in [5, 5.41) is 0. The number of rotatable bonds is 4. The average molecular weight is 351 g/mol. The van der Waals surface area contributed by atoms with E-state index in [-0.39, 0.29) is 12.1 Å². The Morgan fingerprint density at radius 1 is 1.27 bits per heavy atom. The van der Waals surface area contributed by atoms with E-state index in [9.17, 15) is 0 Å². The molecule has 0 unspecified atom stereocenters. The van der Waals surface area contributed by atoms with Gasteiger partial charge in [0.05, 0.1) is 13.2 Å². The maximum Gasteiger partial charge on any atom is 0.192 e. The number of aromatic nitrogens is 1. The summed E-state index contributed by atoms with van der Waals surface area (Å²) in [6, 6.07) is 14.9. The van der Waals surface area contributed by atoms with Crippen molar-refractivity contribution < 1.29 is 9.15 Å². The van der Waals surface area contributed by atoms with Crippen molar-refractivity contribution in [3.05, 3.63) is 59.5 Å². The van der Waals surface area contributed by atoms with Gasteiger partial charge in [0, 0.05) is 31.1 Å². The van der Waals surface area contributed by atoms with E-state index in [0.717, 1.165) is 48.3 Å². The van der Waals surface area contributed by atoms with Crippen LogP contribution in [0, 0.1) is 6.92 Å². The number of likely N-dealkylation sites (tertiary alicyclic amines) is 1. The number of nitrogens with zero attached hydrogens (tertiary/aromatic N) is 2. The molecule has 0 aliphatic carbocycles. The van der Waals surface area contributed by atoms with E-state index >= 15 is 0 Å². The van der Waals surface area contributed by atoms with Crippen molar-refractivity contribution in [3.8, 4) is 5.75 Å². The maximum atomic E-state index is 6.52. The molecule has 2 aromatic carbocycles. The highest BCUT2D eigenvalue weighted by Crippen LogP contribution is 2.34. The van der Waals surface area contributed by atoms with Gasteiger partial charge < -0.3 is 14.9 Å². The third-order valence-corrected chi connectivity index (χ3v) is 5.19. The van der Waals surface area contributed by atoms with Crippen molar-refractivity contribution in [1.29, 1.82) is 0 Å². The Balaban J connectivity index is 1.69. The van der Waals surface area contributed by atoms with Gasteiger partial charge in [-0.2, -0.15) is 0 Å². The SMILES string of the molecule is COc1cc2oc(C)nc2cc1CN1CCC[C@H](N)[C@@H]1c1ccccc1. The van der Waals surface area contributed by atoms with Gasteiger partial charge in [-0.05, 0) is 31.0 Å². The number of hydrogen-bond donors (Lipinski definition) is 1. The quantitative estimate of drug-likeness (QED) is 0.774. The monoisotopic (exact) mass is 351 g/mol. The minimum Gasteiger partial charge on any atom is -0.496 e. The molecule has 0 spiro atoms. The molecule has 2 heterocycles. The van der Waals surface area contributed by atoms with Crippen LogP contribution in [-0.4, -0.2) is 29.6 Å². The molecular weight excluding hydrogens is 326 g/mol. The standard InChI is InChI=1S/C21H25N3O2/c1-14-23-18-11-16(19(25-2)12-20(18)26-14)13-24-10-6-9-17(22)21(24)15-7-4-3-5-8-15/h3-5,7-8,11-12,17,21H,6,9-10,13,22H2,1-2H3/t17-,21-/m0/s1. The molecular formula is C21H25N3O2. The van der Waals surface area contributed by atoms with Gasteiger partial charge in [-0.15, -0.1) is 0 Å². The Labute approximate surface area is 153 Å². The fourth-order valence-electron chi connectivity index (χ4n) is 4.03. The van der Waals surface area contributed by atoms with Crippen LogP contribution in [0.15, 0.2) is 46.9 Å². The van der Waals surface area contributed by atoms with E-state index in [1.54, 1.807) is 7.11 Å². The second-order valence-electron chi connectivity index (χ2n) is 7.00. The molecule has 5 nitrogen and oxygen atoms in total. The summed E-state index contributed by atoms with van der Waals surface area (Å²) >= 11 is 0. The fraction of sp³-hybridized carbons (Fsp3) is 0.381. The molecule has 1 saturated heterocycles. The van der Waals surface area contributed by atoms with Crippen molar-refractivity contribution in [2.45, 2.75) is 38.4 Å². The second-order valence-corrected chi connectivity index (χ2v) is 7.00. The van der Waals surface area contributed by atoms with E-state index in [4.69, 9.17) is 14.9 Å². The lowest BCUT2D eigenvalue weighted by atomic mass is 9.90. The predicted octanol–water partition coefficient (Wildman–Crippen LogP) is 3.81. The zero-order valence-corrected chi connectivity index (χ0v) is 15.3. The summed E-state index contributed by atoms with van der Waals surface area (Å²) < 4.78 is 11.3. The van der Waals surface area contributed by atoms with E-state index in [1.807, 2.05) is 19.1 Å². The highest BCUT2D eigenvalue weighted by atomic mass is 16.5. The largest absolute Gasteiger partial charge is 0.496 e. The molecule has 4 rings (SSSR count). The zero-order valence-electron chi connectivity index (χ0n) is 15.3. The smallest absolute Gasteiger partial charge is 0.192 e. The number of ether oxygens (including phenoxy) is 1. The number of hydrogen-bond acceptors (Lipinski definition) is 5. The van der Waals surface area contributed by atoms with E-state index in [2.05, 4.69) is 40.2 Å². The summed E-state index contributed by atoms with van der Waals surface area (Å²) in [6.07, 6.45) is 2.16. The van der Waals surface area contributed by atoms with Gasteiger partial charge in [0.25, 0.3) is 0 Å². The van der Waals surface area contributed by atoms with Crippen molar-refractivity contribution in [2.24, 2.45) is 5.73 Å². The topological polar surface area (TPSA) is 64.5 Å². The van der Waals surface area contributed by atoms with Crippen LogP contribution in [0.3, 0.4) is 0 Å². The van der Waals surface area contributed by atoms with Crippen LogP contribution in [0.5, 0.6) is 5.75 Å². The number of nitrogens with two attached hydrogens (primary N) is 1. The van der Waals surface area contributed by atoms with Crippen LogP contribution in [0.25, 0.3) is 11.1 Å². The molecule has 5 heteroatoms. The molecule has 1 fully saturated rings. The minimum atomic E-state index is 0.134. The molecule has 0 radical (unpaired) electrons. The number of fused-ring (bicyclic) bond motifs is 1. The number of benzene rings is 2. The average Bonchev–Trinajstić information content (AvgIpc) is 3.01. The van der Waals surface area contributed by atoms with Crippen molar-refractivity contribution >= 4 is 11.1 Å². The first-order valence-corrected chi connectivity index (χ1v) is 9.14. The lowest BCUT2D eigenvalue weighted by Gasteiger charge is -2.40. The molecule has 3 aromatic rings. The van der Waals surface area contributed by atoms with Crippen molar-refractivity contribution in [3.63, 3.8) is 0 Å². The molecule has 1 aliphatic rings. The summed E-state index contributed by atoms with van der Waals surface area (Å²) in [6.45, 7) is 3.66. The molecule has 2 atom stereocenters. The van der Waals surface area contributed by atoms with Crippen LogP contribution >= 0.6 is 0 Å². The minimum absolute atomic E-state index is 0.134. The molecule has 0 bridgehead atoms. The zero-order chi connectivity index (χ0) is 18.1. The third-order valence-electron chi connectivity index (χ3n) is 5.19. The first-order valence-electron chi connectivity index (χ1n) is 9.14. The Morgan fingerprint density at radius 2 is 2.08 bits per heavy atom. The molecule has 1 aromatic heterocycles. The second kappa shape index (κ2) is 7.09. The van der Waals surface area contributed by atoms with Crippen molar-refractivity contribution in [2.75, 3.05) is 13.7 Å². The molecule has 136 valence electrons. The van der Waals surface area contributed by atoms with Crippen LogP contribution < -0.4 is 10.5 Å². The third kappa shape index (κ3) is 3.20. The lowest BCUT2D eigenvalue weighted by molar-refractivity contribution is 0.119. The van der Waals surface area contributed by atoms with Crippen molar-refractivity contribution in [1.82, 2.24) is 9.88 Å². The highest BCUT2D eigenvalue weighted by molar-refractivity contribution is 5.76. The summed E-state index contributed by atoms with van der Waals surface area (Å²) in [7, 11) is 1.70. The molecule has 2 N–H and O–H groups in total. The van der Waals surface area contributed by atoms with Crippen LogP contribution in [0.4, 0.5) is 0 Å². The van der Waals surface area contributed by atoms with E-state index in [0.29, 0.717) is 5.89 Å². The first-order chi connectivity index (χ1) is 12.7. The van der Waals surface area contributed by atoms with Gasteiger partial charge in [0.1, 0.15) is 11.3 Å². The van der Waals surface area contributed by atoms with Crippen LogP contribution in [-0.2, 0) is 6.54 Å². The fourth-order valence-corrected chi connectivity index (χ4v) is 4.03. The Bertz CT molecular complexity index is 891. The number of methoxy groups -OCH3 is 1. The highest BCUT2D eigenvalue weighted by Gasteiger charge is 2.30. The normalized spacial score (nSPS) is 21.2. The molecule has 0 saturated carbocycles. The predicted molar refractivity (Wildman–Crippen MR) is 102 cm³/mol. The molecule has 0 amide bonds. The van der Waals surface area contributed by atoms with Gasteiger partial charge >= 0.3 is 0 Å².